The van der Waals surface area contributed by atoms with Crippen LogP contribution in [0.2, 0.25) is 5.02 Å². The number of carbonyl (C=O) groups is 1. The Labute approximate surface area is 154 Å². The van der Waals surface area contributed by atoms with Gasteiger partial charge in [-0.25, -0.2) is 9.37 Å². The smallest absolute Gasteiger partial charge is 0.254 e. The molecule has 3 rings (SSSR count). The zero-order chi connectivity index (χ0) is 18.7. The highest BCUT2D eigenvalue weighted by atomic mass is 35.5. The minimum atomic E-state index is -0.466. The van der Waals surface area contributed by atoms with Crippen molar-refractivity contribution < 1.29 is 9.18 Å². The maximum atomic E-state index is 13.8. The monoisotopic (exact) mass is 371 g/mol. The minimum absolute atomic E-state index is 0.213. The average Bonchev–Trinajstić information content (AvgIpc) is 2.60. The predicted molar refractivity (Wildman–Crippen MR) is 98.7 cm³/mol. The highest BCUT2D eigenvalue weighted by Crippen LogP contribution is 2.20. The Morgan fingerprint density at radius 1 is 1.23 bits per heavy atom. The van der Waals surface area contributed by atoms with Crippen molar-refractivity contribution in [3.05, 3.63) is 81.6 Å². The Balaban J connectivity index is 1.78. The Morgan fingerprint density at radius 2 is 2.00 bits per heavy atom. The van der Waals surface area contributed by atoms with Gasteiger partial charge in [0.2, 0.25) is 5.91 Å². The zero-order valence-electron chi connectivity index (χ0n) is 13.9. The van der Waals surface area contributed by atoms with E-state index in [0.29, 0.717) is 10.7 Å². The molecule has 1 aromatic heterocycles. The second-order valence-corrected chi connectivity index (χ2v) is 6.16. The zero-order valence-corrected chi connectivity index (χ0v) is 14.6. The van der Waals surface area contributed by atoms with Crippen LogP contribution >= 0.6 is 11.6 Å². The van der Waals surface area contributed by atoms with Crippen molar-refractivity contribution in [2.24, 2.45) is 0 Å². The van der Waals surface area contributed by atoms with Gasteiger partial charge in [-0.05, 0) is 36.8 Å². The molecular weight excluding hydrogens is 357 g/mol. The Kier molecular flexibility index (Phi) is 5.14. The summed E-state index contributed by atoms with van der Waals surface area (Å²) >= 11 is 5.93. The van der Waals surface area contributed by atoms with Crippen molar-refractivity contribution >= 4 is 23.2 Å². The number of halogens is 2. The minimum Gasteiger partial charge on any atom is -0.324 e. The highest BCUT2D eigenvalue weighted by Gasteiger charge is 2.11. The molecule has 26 heavy (non-hydrogen) atoms. The SMILES string of the molecule is Cc1ccc(Cl)cc1NC(=O)Cn1cnc(-c2ccccc2F)cc1=O. The van der Waals surface area contributed by atoms with Crippen LogP contribution in [0, 0.1) is 12.7 Å². The van der Waals surface area contributed by atoms with Crippen LogP contribution in [0.4, 0.5) is 10.1 Å². The number of benzene rings is 2. The van der Waals surface area contributed by atoms with E-state index in [1.54, 1.807) is 30.3 Å². The van der Waals surface area contributed by atoms with Crippen molar-refractivity contribution in [1.82, 2.24) is 9.55 Å². The van der Waals surface area contributed by atoms with Crippen LogP contribution < -0.4 is 10.9 Å². The molecule has 1 heterocycles. The summed E-state index contributed by atoms with van der Waals surface area (Å²) in [6.07, 6.45) is 1.23. The van der Waals surface area contributed by atoms with Crippen LogP contribution in [0.15, 0.2) is 59.7 Å². The number of aryl methyl sites for hydroxylation is 1. The number of nitrogens with zero attached hydrogens (tertiary/aromatic N) is 2. The summed E-state index contributed by atoms with van der Waals surface area (Å²) in [5, 5.41) is 3.21. The van der Waals surface area contributed by atoms with Crippen molar-refractivity contribution in [3.63, 3.8) is 0 Å². The van der Waals surface area contributed by atoms with E-state index in [2.05, 4.69) is 10.3 Å². The lowest BCUT2D eigenvalue weighted by Crippen LogP contribution is -2.27. The molecule has 3 aromatic rings. The van der Waals surface area contributed by atoms with Crippen molar-refractivity contribution in [1.29, 1.82) is 0 Å². The first-order valence-corrected chi connectivity index (χ1v) is 8.19. The number of rotatable bonds is 4. The first kappa shape index (κ1) is 17.8. The molecule has 5 nitrogen and oxygen atoms in total. The number of nitrogens with one attached hydrogen (secondary N) is 1. The van der Waals surface area contributed by atoms with Gasteiger partial charge in [0.1, 0.15) is 12.4 Å². The molecule has 0 aliphatic rings. The van der Waals surface area contributed by atoms with Gasteiger partial charge in [-0.1, -0.05) is 29.8 Å². The van der Waals surface area contributed by atoms with Crippen molar-refractivity contribution in [3.8, 4) is 11.3 Å². The summed E-state index contributed by atoms with van der Waals surface area (Å²) in [7, 11) is 0. The average molecular weight is 372 g/mol. The Morgan fingerprint density at radius 3 is 2.73 bits per heavy atom. The summed E-state index contributed by atoms with van der Waals surface area (Å²) in [6.45, 7) is 1.62. The van der Waals surface area contributed by atoms with E-state index in [-0.39, 0.29) is 17.8 Å². The topological polar surface area (TPSA) is 64.0 Å². The molecular formula is C19H15ClFN3O2. The standard InChI is InChI=1S/C19H15ClFN3O2/c1-12-6-7-13(20)8-16(12)23-18(25)10-24-11-22-17(9-19(24)26)14-4-2-3-5-15(14)21/h2-9,11H,10H2,1H3,(H,23,25). The quantitative estimate of drug-likeness (QED) is 0.761. The van der Waals surface area contributed by atoms with E-state index in [9.17, 15) is 14.0 Å². The van der Waals surface area contributed by atoms with Gasteiger partial charge in [-0.15, -0.1) is 0 Å². The van der Waals surface area contributed by atoms with Crippen LogP contribution in [0.5, 0.6) is 0 Å². The Hall–Kier alpha value is -2.99. The van der Waals surface area contributed by atoms with Gasteiger partial charge in [0.25, 0.3) is 5.56 Å². The van der Waals surface area contributed by atoms with Crippen LogP contribution in [-0.2, 0) is 11.3 Å². The number of hydrogen-bond donors (Lipinski definition) is 1. The number of amides is 1. The van der Waals surface area contributed by atoms with Crippen LogP contribution in [0.3, 0.4) is 0 Å². The first-order chi connectivity index (χ1) is 12.4. The molecule has 1 amide bonds. The van der Waals surface area contributed by atoms with Gasteiger partial charge in [-0.2, -0.15) is 0 Å². The van der Waals surface area contributed by atoms with E-state index >= 15 is 0 Å². The lowest BCUT2D eigenvalue weighted by atomic mass is 10.1. The van der Waals surface area contributed by atoms with Crippen LogP contribution in [-0.4, -0.2) is 15.5 Å². The molecule has 2 aromatic carbocycles. The van der Waals surface area contributed by atoms with Crippen LogP contribution in [0.1, 0.15) is 5.56 Å². The molecule has 1 N–H and O–H groups in total. The van der Waals surface area contributed by atoms with Gasteiger partial charge < -0.3 is 5.32 Å². The molecule has 132 valence electrons. The molecule has 0 atom stereocenters. The molecule has 0 aliphatic carbocycles. The van der Waals surface area contributed by atoms with Gasteiger partial charge in [0.05, 0.1) is 12.0 Å². The fourth-order valence-electron chi connectivity index (χ4n) is 2.43. The molecule has 0 spiro atoms. The number of anilines is 1. The lowest BCUT2D eigenvalue weighted by molar-refractivity contribution is -0.116. The van der Waals surface area contributed by atoms with Crippen molar-refractivity contribution in [2.45, 2.75) is 13.5 Å². The second-order valence-electron chi connectivity index (χ2n) is 5.73. The third-order valence-corrected chi connectivity index (χ3v) is 4.05. The molecule has 0 saturated carbocycles. The van der Waals surface area contributed by atoms with Gasteiger partial charge in [0.15, 0.2) is 0 Å². The Bertz CT molecular complexity index is 1030. The molecule has 0 aliphatic heterocycles. The highest BCUT2D eigenvalue weighted by molar-refractivity contribution is 6.31. The maximum Gasteiger partial charge on any atom is 0.254 e. The molecule has 7 heteroatoms. The molecule has 0 bridgehead atoms. The molecule has 0 unspecified atom stereocenters. The number of aromatic nitrogens is 2. The first-order valence-electron chi connectivity index (χ1n) is 7.81. The third kappa shape index (κ3) is 3.97. The molecule has 0 saturated heterocycles. The fourth-order valence-corrected chi connectivity index (χ4v) is 2.61. The van der Waals surface area contributed by atoms with Gasteiger partial charge in [-0.3, -0.25) is 14.2 Å². The largest absolute Gasteiger partial charge is 0.324 e. The van der Waals surface area contributed by atoms with Crippen molar-refractivity contribution in [2.75, 3.05) is 5.32 Å². The predicted octanol–water partition coefficient (Wildman–Crippen LogP) is 3.65. The lowest BCUT2D eigenvalue weighted by Gasteiger charge is -2.10. The van der Waals surface area contributed by atoms with E-state index in [4.69, 9.17) is 11.6 Å². The summed E-state index contributed by atoms with van der Waals surface area (Å²) in [5.74, 6) is -0.857. The van der Waals surface area contributed by atoms with E-state index in [1.165, 1.54) is 24.5 Å². The van der Waals surface area contributed by atoms with Gasteiger partial charge >= 0.3 is 0 Å². The van der Waals surface area contributed by atoms with E-state index in [1.807, 2.05) is 6.92 Å². The molecule has 0 radical (unpaired) electrons. The summed E-state index contributed by atoms with van der Waals surface area (Å²) < 4.78 is 15.0. The maximum absolute atomic E-state index is 13.8. The van der Waals surface area contributed by atoms with E-state index in [0.717, 1.165) is 10.1 Å². The normalized spacial score (nSPS) is 10.6. The molecule has 0 fully saturated rings. The van der Waals surface area contributed by atoms with Crippen LogP contribution in [0.25, 0.3) is 11.3 Å². The fraction of sp³-hybridized carbons (Fsp3) is 0.105. The number of carbonyl (C=O) groups excluding carboxylic acids is 1. The summed E-state index contributed by atoms with van der Waals surface area (Å²) in [5.41, 5.74) is 1.43. The number of hydrogen-bond acceptors (Lipinski definition) is 3. The van der Waals surface area contributed by atoms with Gasteiger partial charge in [0, 0.05) is 22.3 Å². The third-order valence-electron chi connectivity index (χ3n) is 3.82. The summed E-state index contributed by atoms with van der Waals surface area (Å²) in [4.78, 5) is 28.5. The summed E-state index contributed by atoms with van der Waals surface area (Å²) in [6, 6.07) is 12.4. The van der Waals surface area contributed by atoms with E-state index < -0.39 is 17.3 Å². The second kappa shape index (κ2) is 7.49.